The summed E-state index contributed by atoms with van der Waals surface area (Å²) in [5.74, 6) is -1.99. The van der Waals surface area contributed by atoms with Crippen molar-refractivity contribution in [2.24, 2.45) is 5.10 Å². The van der Waals surface area contributed by atoms with E-state index in [-0.39, 0.29) is 24.6 Å². The third-order valence-electron chi connectivity index (χ3n) is 3.84. The van der Waals surface area contributed by atoms with Crippen LogP contribution in [0.15, 0.2) is 47.6 Å². The van der Waals surface area contributed by atoms with Gasteiger partial charge in [-0.25, -0.2) is 5.43 Å². The molecule has 2 aromatic carbocycles. The smallest absolute Gasteiger partial charge is 0.471 e. The van der Waals surface area contributed by atoms with Crippen LogP contribution in [-0.4, -0.2) is 30.3 Å². The SMILES string of the molecule is CC(=NNC(=O)CCCOc1ccc(Cl)cc1Cl)c1cccc(NC(=O)C(F)(F)F)c1. The van der Waals surface area contributed by atoms with E-state index >= 15 is 0 Å². The number of amides is 2. The number of hydrogen-bond acceptors (Lipinski definition) is 4. The molecule has 166 valence electrons. The highest BCUT2D eigenvalue weighted by Crippen LogP contribution is 2.27. The maximum Gasteiger partial charge on any atom is 0.471 e. The Morgan fingerprint density at radius 1 is 1.13 bits per heavy atom. The number of nitrogens with zero attached hydrogens (tertiary/aromatic N) is 1. The van der Waals surface area contributed by atoms with Crippen LogP contribution in [0.25, 0.3) is 0 Å². The molecule has 31 heavy (non-hydrogen) atoms. The Bertz CT molecular complexity index is 982. The molecule has 2 amide bonds. The van der Waals surface area contributed by atoms with Crippen molar-refractivity contribution >= 4 is 46.4 Å². The van der Waals surface area contributed by atoms with Crippen molar-refractivity contribution in [2.45, 2.75) is 25.9 Å². The van der Waals surface area contributed by atoms with Gasteiger partial charge in [-0.1, -0.05) is 35.3 Å². The Hall–Kier alpha value is -2.78. The lowest BCUT2D eigenvalue weighted by Gasteiger charge is -2.09. The Labute approximate surface area is 186 Å². The van der Waals surface area contributed by atoms with E-state index in [1.807, 2.05) is 0 Å². The molecule has 2 rings (SSSR count). The third kappa shape index (κ3) is 8.10. The van der Waals surface area contributed by atoms with E-state index in [1.165, 1.54) is 18.2 Å². The van der Waals surface area contributed by atoms with Crippen LogP contribution in [0.2, 0.25) is 10.0 Å². The van der Waals surface area contributed by atoms with E-state index < -0.39 is 12.1 Å². The number of carbonyl (C=O) groups is 2. The molecule has 0 aromatic heterocycles. The molecule has 0 aliphatic heterocycles. The van der Waals surface area contributed by atoms with Gasteiger partial charge in [0.25, 0.3) is 0 Å². The minimum atomic E-state index is -4.99. The van der Waals surface area contributed by atoms with Gasteiger partial charge in [-0.15, -0.1) is 0 Å². The number of benzene rings is 2. The van der Waals surface area contributed by atoms with Crippen LogP contribution >= 0.6 is 23.2 Å². The molecule has 6 nitrogen and oxygen atoms in total. The molecular formula is C20H18Cl2F3N3O3. The number of anilines is 1. The number of ether oxygens (including phenoxy) is 1. The molecule has 0 unspecified atom stereocenters. The maximum absolute atomic E-state index is 12.4. The fourth-order valence-corrected chi connectivity index (χ4v) is 2.76. The zero-order chi connectivity index (χ0) is 23.0. The molecule has 2 N–H and O–H groups in total. The number of alkyl halides is 3. The van der Waals surface area contributed by atoms with Crippen molar-refractivity contribution in [1.29, 1.82) is 0 Å². The number of nitrogens with one attached hydrogen (secondary N) is 2. The average Bonchev–Trinajstić information content (AvgIpc) is 2.70. The fourth-order valence-electron chi connectivity index (χ4n) is 2.30. The van der Waals surface area contributed by atoms with Gasteiger partial charge >= 0.3 is 12.1 Å². The second-order valence-corrected chi connectivity index (χ2v) is 7.14. The molecular weight excluding hydrogens is 458 g/mol. The van der Waals surface area contributed by atoms with Crippen molar-refractivity contribution in [1.82, 2.24) is 5.43 Å². The molecule has 0 saturated heterocycles. The molecule has 0 bridgehead atoms. The van der Waals surface area contributed by atoms with Gasteiger partial charge < -0.3 is 10.1 Å². The molecule has 0 aliphatic carbocycles. The van der Waals surface area contributed by atoms with Gasteiger partial charge in [0.15, 0.2) is 0 Å². The second-order valence-electron chi connectivity index (χ2n) is 6.29. The molecule has 0 fully saturated rings. The number of rotatable bonds is 8. The second kappa shape index (κ2) is 11.0. The highest BCUT2D eigenvalue weighted by atomic mass is 35.5. The molecule has 0 radical (unpaired) electrons. The highest BCUT2D eigenvalue weighted by molar-refractivity contribution is 6.35. The predicted octanol–water partition coefficient (Wildman–Crippen LogP) is 5.19. The Morgan fingerprint density at radius 2 is 1.87 bits per heavy atom. The zero-order valence-electron chi connectivity index (χ0n) is 16.2. The van der Waals surface area contributed by atoms with Gasteiger partial charge in [-0.3, -0.25) is 9.59 Å². The molecule has 0 heterocycles. The van der Waals surface area contributed by atoms with Crippen LogP contribution in [0.3, 0.4) is 0 Å². The Kier molecular flexibility index (Phi) is 8.70. The molecule has 0 aliphatic rings. The minimum absolute atomic E-state index is 0.0429. The summed E-state index contributed by atoms with van der Waals surface area (Å²) < 4.78 is 42.6. The molecule has 0 spiro atoms. The predicted molar refractivity (Wildman–Crippen MR) is 113 cm³/mol. The molecule has 0 saturated carbocycles. The lowest BCUT2D eigenvalue weighted by Crippen LogP contribution is -2.29. The minimum Gasteiger partial charge on any atom is -0.492 e. The normalized spacial score (nSPS) is 11.7. The first-order valence-electron chi connectivity index (χ1n) is 8.96. The number of carbonyl (C=O) groups excluding carboxylic acids is 2. The molecule has 11 heteroatoms. The molecule has 2 aromatic rings. The van der Waals surface area contributed by atoms with E-state index in [0.29, 0.717) is 33.5 Å². The van der Waals surface area contributed by atoms with Crippen molar-refractivity contribution in [3.63, 3.8) is 0 Å². The number of halogens is 5. The van der Waals surface area contributed by atoms with Gasteiger partial charge in [0.05, 0.1) is 17.3 Å². The Balaban J connectivity index is 1.82. The highest BCUT2D eigenvalue weighted by Gasteiger charge is 2.38. The number of hydrazone groups is 1. The van der Waals surface area contributed by atoms with Crippen LogP contribution in [0.1, 0.15) is 25.3 Å². The first-order valence-corrected chi connectivity index (χ1v) is 9.71. The summed E-state index contributed by atoms with van der Waals surface area (Å²) in [6.07, 6.45) is -4.46. The monoisotopic (exact) mass is 475 g/mol. The van der Waals surface area contributed by atoms with Crippen LogP contribution in [0.5, 0.6) is 5.75 Å². The quantitative estimate of drug-likeness (QED) is 0.313. The van der Waals surface area contributed by atoms with E-state index in [1.54, 1.807) is 36.5 Å². The van der Waals surface area contributed by atoms with Gasteiger partial charge in [0, 0.05) is 17.1 Å². The van der Waals surface area contributed by atoms with E-state index in [4.69, 9.17) is 27.9 Å². The summed E-state index contributed by atoms with van der Waals surface area (Å²) in [5.41, 5.74) is 3.10. The summed E-state index contributed by atoms with van der Waals surface area (Å²) in [7, 11) is 0. The third-order valence-corrected chi connectivity index (χ3v) is 4.37. The maximum atomic E-state index is 12.4. The van der Waals surface area contributed by atoms with Crippen molar-refractivity contribution in [2.75, 3.05) is 11.9 Å². The summed E-state index contributed by atoms with van der Waals surface area (Å²) >= 11 is 11.8. The summed E-state index contributed by atoms with van der Waals surface area (Å²) in [6, 6.07) is 10.5. The zero-order valence-corrected chi connectivity index (χ0v) is 17.7. The van der Waals surface area contributed by atoms with Crippen LogP contribution in [-0.2, 0) is 9.59 Å². The van der Waals surface area contributed by atoms with E-state index in [0.717, 1.165) is 0 Å². The summed E-state index contributed by atoms with van der Waals surface area (Å²) in [4.78, 5) is 23.0. The summed E-state index contributed by atoms with van der Waals surface area (Å²) in [6.45, 7) is 1.81. The average molecular weight is 476 g/mol. The fraction of sp³-hybridized carbons (Fsp3) is 0.250. The van der Waals surface area contributed by atoms with Crippen molar-refractivity contribution < 1.29 is 27.5 Å². The Morgan fingerprint density at radius 3 is 2.55 bits per heavy atom. The van der Waals surface area contributed by atoms with Crippen LogP contribution < -0.4 is 15.5 Å². The van der Waals surface area contributed by atoms with Crippen molar-refractivity contribution in [3.8, 4) is 5.75 Å². The van der Waals surface area contributed by atoms with E-state index in [2.05, 4.69) is 10.5 Å². The van der Waals surface area contributed by atoms with E-state index in [9.17, 15) is 22.8 Å². The van der Waals surface area contributed by atoms with Crippen LogP contribution in [0, 0.1) is 0 Å². The first kappa shape index (κ1) is 24.5. The van der Waals surface area contributed by atoms with Gasteiger partial charge in [-0.2, -0.15) is 18.3 Å². The van der Waals surface area contributed by atoms with Gasteiger partial charge in [0.2, 0.25) is 5.91 Å². The lowest BCUT2D eigenvalue weighted by molar-refractivity contribution is -0.167. The lowest BCUT2D eigenvalue weighted by atomic mass is 10.1. The topological polar surface area (TPSA) is 79.8 Å². The molecule has 0 atom stereocenters. The van der Waals surface area contributed by atoms with Crippen LogP contribution in [0.4, 0.5) is 18.9 Å². The largest absolute Gasteiger partial charge is 0.492 e. The first-order chi connectivity index (χ1) is 14.6. The van der Waals surface area contributed by atoms with Crippen molar-refractivity contribution in [3.05, 3.63) is 58.1 Å². The van der Waals surface area contributed by atoms with Gasteiger partial charge in [0.1, 0.15) is 5.75 Å². The standard InChI is InChI=1S/C20H18Cl2F3N3O3/c1-12(13-4-2-5-15(10-13)26-19(30)20(23,24)25)27-28-18(29)6-3-9-31-17-8-7-14(21)11-16(17)22/h2,4-5,7-8,10-11H,3,6,9H2,1H3,(H,26,30)(H,28,29). The van der Waals surface area contributed by atoms with Gasteiger partial charge in [-0.05, 0) is 49.2 Å². The summed E-state index contributed by atoms with van der Waals surface area (Å²) in [5, 5.41) is 6.54. The number of hydrogen-bond donors (Lipinski definition) is 2.